The lowest BCUT2D eigenvalue weighted by Gasteiger charge is -2.06. The standard InChI is InChI=1S/C10H11ClO2S/c1-3-13-10(12)8-5-4-7(11)6-9(8)14-2/h4-6H,3H2,1-2H3. The van der Waals surface area contributed by atoms with Crippen LogP contribution in [0.2, 0.25) is 5.02 Å². The van der Waals surface area contributed by atoms with Crippen molar-refractivity contribution in [3.63, 3.8) is 0 Å². The fraction of sp³-hybridized carbons (Fsp3) is 0.300. The number of rotatable bonds is 3. The summed E-state index contributed by atoms with van der Waals surface area (Å²) < 4.78 is 4.91. The molecule has 0 saturated carbocycles. The SMILES string of the molecule is CCOC(=O)c1ccc(Cl)cc1SC. The fourth-order valence-electron chi connectivity index (χ4n) is 1.04. The summed E-state index contributed by atoms with van der Waals surface area (Å²) in [6.45, 7) is 2.17. The summed E-state index contributed by atoms with van der Waals surface area (Å²) >= 11 is 7.29. The van der Waals surface area contributed by atoms with E-state index in [1.807, 2.05) is 6.26 Å². The maximum atomic E-state index is 11.5. The Bertz CT molecular complexity index is 339. The Morgan fingerprint density at radius 1 is 1.57 bits per heavy atom. The second-order valence-corrected chi connectivity index (χ2v) is 3.85. The van der Waals surface area contributed by atoms with Crippen LogP contribution in [0, 0.1) is 0 Å². The van der Waals surface area contributed by atoms with Gasteiger partial charge < -0.3 is 4.74 Å². The summed E-state index contributed by atoms with van der Waals surface area (Å²) in [4.78, 5) is 12.3. The molecule has 0 saturated heterocycles. The summed E-state index contributed by atoms with van der Waals surface area (Å²) in [6.07, 6.45) is 1.90. The van der Waals surface area contributed by atoms with Crippen LogP contribution in [0.5, 0.6) is 0 Å². The van der Waals surface area contributed by atoms with E-state index in [-0.39, 0.29) is 5.97 Å². The number of halogens is 1. The van der Waals surface area contributed by atoms with Gasteiger partial charge in [0.05, 0.1) is 12.2 Å². The molecule has 4 heteroatoms. The Morgan fingerprint density at radius 3 is 2.86 bits per heavy atom. The highest BCUT2D eigenvalue weighted by Crippen LogP contribution is 2.24. The normalized spacial score (nSPS) is 9.93. The monoisotopic (exact) mass is 230 g/mol. The first-order valence-electron chi connectivity index (χ1n) is 4.19. The third-order valence-corrected chi connectivity index (χ3v) is 2.67. The van der Waals surface area contributed by atoms with E-state index in [1.165, 1.54) is 11.8 Å². The van der Waals surface area contributed by atoms with Crippen molar-refractivity contribution in [2.24, 2.45) is 0 Å². The molecule has 0 fully saturated rings. The number of hydrogen-bond donors (Lipinski definition) is 0. The first-order chi connectivity index (χ1) is 6.69. The van der Waals surface area contributed by atoms with E-state index in [2.05, 4.69) is 0 Å². The predicted molar refractivity (Wildman–Crippen MR) is 59.2 cm³/mol. The van der Waals surface area contributed by atoms with E-state index in [9.17, 15) is 4.79 Å². The van der Waals surface area contributed by atoms with E-state index in [0.717, 1.165) is 4.90 Å². The molecule has 0 aliphatic rings. The highest BCUT2D eigenvalue weighted by molar-refractivity contribution is 7.98. The second kappa shape index (κ2) is 5.27. The van der Waals surface area contributed by atoms with Crippen molar-refractivity contribution in [3.8, 4) is 0 Å². The highest BCUT2D eigenvalue weighted by Gasteiger charge is 2.11. The number of esters is 1. The molecule has 0 bridgehead atoms. The van der Waals surface area contributed by atoms with Gasteiger partial charge in [0.1, 0.15) is 0 Å². The van der Waals surface area contributed by atoms with Crippen molar-refractivity contribution >= 4 is 29.3 Å². The predicted octanol–water partition coefficient (Wildman–Crippen LogP) is 3.24. The summed E-state index contributed by atoms with van der Waals surface area (Å²) in [5.41, 5.74) is 0.573. The Balaban J connectivity index is 3.01. The van der Waals surface area contributed by atoms with Crippen molar-refractivity contribution in [1.82, 2.24) is 0 Å². The third-order valence-electron chi connectivity index (χ3n) is 1.66. The largest absolute Gasteiger partial charge is 0.462 e. The summed E-state index contributed by atoms with van der Waals surface area (Å²) in [5, 5.41) is 0.627. The average molecular weight is 231 g/mol. The van der Waals surface area contributed by atoms with Gasteiger partial charge in [0.25, 0.3) is 0 Å². The Kier molecular flexibility index (Phi) is 4.29. The third kappa shape index (κ3) is 2.66. The van der Waals surface area contributed by atoms with Crippen molar-refractivity contribution in [2.75, 3.05) is 12.9 Å². The number of carbonyl (C=O) groups excluding carboxylic acids is 1. The van der Waals surface area contributed by atoms with Crippen LogP contribution in [0.4, 0.5) is 0 Å². The lowest BCUT2D eigenvalue weighted by molar-refractivity contribution is 0.0522. The quantitative estimate of drug-likeness (QED) is 0.589. The lowest BCUT2D eigenvalue weighted by Crippen LogP contribution is -2.05. The number of carbonyl (C=O) groups is 1. The maximum Gasteiger partial charge on any atom is 0.339 e. The Labute approximate surface area is 92.6 Å². The van der Waals surface area contributed by atoms with Gasteiger partial charge in [-0.3, -0.25) is 0 Å². The topological polar surface area (TPSA) is 26.3 Å². The maximum absolute atomic E-state index is 11.5. The van der Waals surface area contributed by atoms with Crippen LogP contribution < -0.4 is 0 Å². The zero-order valence-corrected chi connectivity index (χ0v) is 9.61. The minimum absolute atomic E-state index is 0.298. The number of hydrogen-bond acceptors (Lipinski definition) is 3. The van der Waals surface area contributed by atoms with Crippen molar-refractivity contribution in [1.29, 1.82) is 0 Å². The fourth-order valence-corrected chi connectivity index (χ4v) is 1.90. The Hall–Kier alpha value is -0.670. The first-order valence-corrected chi connectivity index (χ1v) is 5.80. The summed E-state index contributed by atoms with van der Waals surface area (Å²) in [6, 6.07) is 5.14. The number of benzene rings is 1. The molecule has 0 aliphatic carbocycles. The van der Waals surface area contributed by atoms with Crippen LogP contribution in [-0.4, -0.2) is 18.8 Å². The first kappa shape index (κ1) is 11.4. The van der Waals surface area contributed by atoms with Gasteiger partial charge in [-0.2, -0.15) is 0 Å². The van der Waals surface area contributed by atoms with Gasteiger partial charge in [0.15, 0.2) is 0 Å². The van der Waals surface area contributed by atoms with Crippen molar-refractivity contribution < 1.29 is 9.53 Å². The molecule has 1 aromatic rings. The van der Waals surface area contributed by atoms with Crippen molar-refractivity contribution in [2.45, 2.75) is 11.8 Å². The molecule has 0 spiro atoms. The van der Waals surface area contributed by atoms with Crippen LogP contribution in [0.25, 0.3) is 0 Å². The molecule has 0 N–H and O–H groups in total. The van der Waals surface area contributed by atoms with E-state index >= 15 is 0 Å². The molecule has 1 rings (SSSR count). The van der Waals surface area contributed by atoms with Crippen LogP contribution in [-0.2, 0) is 4.74 Å². The molecule has 2 nitrogen and oxygen atoms in total. The highest BCUT2D eigenvalue weighted by atomic mass is 35.5. The van der Waals surface area contributed by atoms with Gasteiger partial charge in [-0.25, -0.2) is 4.79 Å². The molecule has 0 unspecified atom stereocenters. The number of ether oxygens (including phenoxy) is 1. The van der Waals surface area contributed by atoms with Gasteiger partial charge in [-0.05, 0) is 31.4 Å². The van der Waals surface area contributed by atoms with Crippen molar-refractivity contribution in [3.05, 3.63) is 28.8 Å². The van der Waals surface area contributed by atoms with E-state index in [0.29, 0.717) is 17.2 Å². The average Bonchev–Trinajstić information content (AvgIpc) is 2.17. The zero-order chi connectivity index (χ0) is 10.6. The molecule has 0 radical (unpaired) electrons. The minimum Gasteiger partial charge on any atom is -0.462 e. The van der Waals surface area contributed by atoms with Gasteiger partial charge in [-0.1, -0.05) is 11.6 Å². The Morgan fingerprint density at radius 2 is 2.29 bits per heavy atom. The van der Waals surface area contributed by atoms with Gasteiger partial charge in [-0.15, -0.1) is 11.8 Å². The second-order valence-electron chi connectivity index (χ2n) is 2.57. The summed E-state index contributed by atoms with van der Waals surface area (Å²) in [5.74, 6) is -0.298. The minimum atomic E-state index is -0.298. The van der Waals surface area contributed by atoms with Gasteiger partial charge in [0, 0.05) is 9.92 Å². The van der Waals surface area contributed by atoms with E-state index in [4.69, 9.17) is 16.3 Å². The molecular weight excluding hydrogens is 220 g/mol. The molecule has 0 aliphatic heterocycles. The molecule has 1 aromatic carbocycles. The van der Waals surface area contributed by atoms with E-state index < -0.39 is 0 Å². The van der Waals surface area contributed by atoms with Gasteiger partial charge >= 0.3 is 5.97 Å². The molecule has 0 heterocycles. The van der Waals surface area contributed by atoms with Crippen LogP contribution in [0.3, 0.4) is 0 Å². The van der Waals surface area contributed by atoms with Crippen LogP contribution in [0.1, 0.15) is 17.3 Å². The molecule has 76 valence electrons. The lowest BCUT2D eigenvalue weighted by atomic mass is 10.2. The number of thioether (sulfide) groups is 1. The van der Waals surface area contributed by atoms with Crippen LogP contribution >= 0.6 is 23.4 Å². The molecule has 0 atom stereocenters. The molecule has 0 amide bonds. The smallest absolute Gasteiger partial charge is 0.339 e. The summed E-state index contributed by atoms with van der Waals surface area (Å²) in [7, 11) is 0. The molecule has 14 heavy (non-hydrogen) atoms. The van der Waals surface area contributed by atoms with Gasteiger partial charge in [0.2, 0.25) is 0 Å². The van der Waals surface area contributed by atoms with E-state index in [1.54, 1.807) is 25.1 Å². The molecule has 0 aromatic heterocycles. The zero-order valence-electron chi connectivity index (χ0n) is 8.04. The van der Waals surface area contributed by atoms with Crippen LogP contribution in [0.15, 0.2) is 23.1 Å². The molecular formula is C10H11ClO2S.